The van der Waals surface area contributed by atoms with Crippen molar-refractivity contribution >= 4 is 33.2 Å². The van der Waals surface area contributed by atoms with E-state index in [4.69, 9.17) is 5.73 Å². The lowest BCUT2D eigenvalue weighted by atomic mass is 9.94. The smallest absolute Gasteiger partial charge is 0.270 e. The highest BCUT2D eigenvalue weighted by molar-refractivity contribution is 9.10. The molecule has 1 aromatic rings. The van der Waals surface area contributed by atoms with Crippen LogP contribution in [0.5, 0.6) is 0 Å². The Balaban J connectivity index is 2.02. The second-order valence-electron chi connectivity index (χ2n) is 5.22. The third-order valence-electron chi connectivity index (χ3n) is 3.55. The summed E-state index contributed by atoms with van der Waals surface area (Å²) in [6.07, 6.45) is 4.12. The number of nitro groups is 1. The number of non-ortho nitro benzene ring substituents is 1. The summed E-state index contributed by atoms with van der Waals surface area (Å²) < 4.78 is 0.484. The van der Waals surface area contributed by atoms with Crippen LogP contribution in [0.3, 0.4) is 0 Å². The molecule has 20 heavy (non-hydrogen) atoms. The summed E-state index contributed by atoms with van der Waals surface area (Å²) in [5, 5.41) is 13.4. The molecule has 1 aliphatic rings. The second-order valence-corrected chi connectivity index (χ2v) is 6.07. The minimum Gasteiger partial charge on any atom is -0.325 e. The standard InChI is InChI=1S/C13H16BrN3O3/c14-10-7-9(17(19)20)3-4-11(10)16-12(18)8-13(15)5-1-2-6-13/h3-4,7H,1-2,5-6,8,15H2,(H,16,18). The first-order chi connectivity index (χ1) is 9.39. The Morgan fingerprint density at radius 1 is 1.45 bits per heavy atom. The van der Waals surface area contributed by atoms with E-state index in [2.05, 4.69) is 21.2 Å². The van der Waals surface area contributed by atoms with Crippen LogP contribution in [-0.4, -0.2) is 16.4 Å². The molecule has 0 aliphatic heterocycles. The number of anilines is 1. The van der Waals surface area contributed by atoms with E-state index >= 15 is 0 Å². The van der Waals surface area contributed by atoms with Crippen LogP contribution in [0.2, 0.25) is 0 Å². The monoisotopic (exact) mass is 341 g/mol. The number of carbonyl (C=O) groups is 1. The number of amides is 1. The van der Waals surface area contributed by atoms with Crippen molar-refractivity contribution in [3.63, 3.8) is 0 Å². The number of nitrogens with one attached hydrogen (secondary N) is 1. The molecule has 1 aliphatic carbocycles. The third kappa shape index (κ3) is 3.55. The van der Waals surface area contributed by atoms with Gasteiger partial charge in [0, 0.05) is 28.6 Å². The molecule has 0 heterocycles. The van der Waals surface area contributed by atoms with Gasteiger partial charge in [0.05, 0.1) is 10.6 Å². The lowest BCUT2D eigenvalue weighted by molar-refractivity contribution is -0.384. The Bertz CT molecular complexity index is 542. The molecule has 1 amide bonds. The van der Waals surface area contributed by atoms with Gasteiger partial charge in [-0.05, 0) is 34.8 Å². The lowest BCUT2D eigenvalue weighted by Crippen LogP contribution is -2.40. The zero-order valence-electron chi connectivity index (χ0n) is 10.9. The predicted molar refractivity (Wildman–Crippen MR) is 79.4 cm³/mol. The van der Waals surface area contributed by atoms with E-state index in [1.165, 1.54) is 18.2 Å². The van der Waals surface area contributed by atoms with E-state index in [1.54, 1.807) is 0 Å². The van der Waals surface area contributed by atoms with Gasteiger partial charge < -0.3 is 11.1 Å². The van der Waals surface area contributed by atoms with Gasteiger partial charge in [-0.25, -0.2) is 0 Å². The van der Waals surface area contributed by atoms with Gasteiger partial charge in [0.25, 0.3) is 5.69 Å². The Hall–Kier alpha value is -1.47. The molecule has 0 spiro atoms. The van der Waals surface area contributed by atoms with E-state index < -0.39 is 10.5 Å². The summed E-state index contributed by atoms with van der Waals surface area (Å²) in [5.74, 6) is -0.163. The Morgan fingerprint density at radius 3 is 2.65 bits per heavy atom. The molecule has 0 bridgehead atoms. The van der Waals surface area contributed by atoms with E-state index in [-0.39, 0.29) is 18.0 Å². The van der Waals surface area contributed by atoms with E-state index in [0.717, 1.165) is 25.7 Å². The van der Waals surface area contributed by atoms with E-state index in [1.807, 2.05) is 0 Å². The van der Waals surface area contributed by atoms with Crippen molar-refractivity contribution in [3.05, 3.63) is 32.8 Å². The predicted octanol–water partition coefficient (Wildman–Crippen LogP) is 2.96. The second kappa shape index (κ2) is 5.88. The van der Waals surface area contributed by atoms with Crippen molar-refractivity contribution in [2.75, 3.05) is 5.32 Å². The van der Waals surface area contributed by atoms with Crippen LogP contribution in [-0.2, 0) is 4.79 Å². The van der Waals surface area contributed by atoms with Gasteiger partial charge in [0.1, 0.15) is 0 Å². The first-order valence-corrected chi connectivity index (χ1v) is 7.22. The average Bonchev–Trinajstić information content (AvgIpc) is 2.77. The van der Waals surface area contributed by atoms with Gasteiger partial charge in [-0.2, -0.15) is 0 Å². The number of nitrogens with two attached hydrogens (primary N) is 1. The number of benzene rings is 1. The SMILES string of the molecule is NC1(CC(=O)Nc2ccc([N+](=O)[O-])cc2Br)CCCC1. The fourth-order valence-corrected chi connectivity index (χ4v) is 2.95. The summed E-state index contributed by atoms with van der Waals surface area (Å²) in [7, 11) is 0. The normalized spacial score (nSPS) is 16.9. The Kier molecular flexibility index (Phi) is 4.39. The summed E-state index contributed by atoms with van der Waals surface area (Å²) in [6.45, 7) is 0. The van der Waals surface area contributed by atoms with Crippen LogP contribution < -0.4 is 11.1 Å². The Labute approximate surface area is 125 Å². The molecule has 0 unspecified atom stereocenters. The minimum atomic E-state index is -0.482. The van der Waals surface area contributed by atoms with Gasteiger partial charge in [-0.3, -0.25) is 14.9 Å². The zero-order valence-corrected chi connectivity index (χ0v) is 12.5. The van der Waals surface area contributed by atoms with Crippen LogP contribution in [0.25, 0.3) is 0 Å². The molecule has 0 aromatic heterocycles. The van der Waals surface area contributed by atoms with Crippen molar-refractivity contribution in [1.29, 1.82) is 0 Å². The van der Waals surface area contributed by atoms with E-state index in [9.17, 15) is 14.9 Å². The highest BCUT2D eigenvalue weighted by Gasteiger charge is 2.31. The number of hydrogen-bond acceptors (Lipinski definition) is 4. The van der Waals surface area contributed by atoms with Crippen LogP contribution in [0.15, 0.2) is 22.7 Å². The van der Waals surface area contributed by atoms with E-state index in [0.29, 0.717) is 10.2 Å². The first kappa shape index (κ1) is 14.9. The number of carbonyl (C=O) groups excluding carboxylic acids is 1. The summed E-state index contributed by atoms with van der Waals surface area (Å²) in [6, 6.07) is 4.23. The maximum absolute atomic E-state index is 12.0. The molecule has 1 aromatic carbocycles. The highest BCUT2D eigenvalue weighted by Crippen LogP contribution is 2.31. The van der Waals surface area contributed by atoms with Crippen LogP contribution in [0.1, 0.15) is 32.1 Å². The Morgan fingerprint density at radius 2 is 2.10 bits per heavy atom. The maximum atomic E-state index is 12.0. The number of nitrogens with zero attached hydrogens (tertiary/aromatic N) is 1. The average molecular weight is 342 g/mol. The number of halogens is 1. The number of rotatable bonds is 4. The molecule has 2 rings (SSSR count). The molecular weight excluding hydrogens is 326 g/mol. The van der Waals surface area contributed by atoms with Crippen molar-refractivity contribution in [3.8, 4) is 0 Å². The molecule has 0 atom stereocenters. The molecule has 7 heteroatoms. The molecule has 0 saturated heterocycles. The molecular formula is C13H16BrN3O3. The fourth-order valence-electron chi connectivity index (χ4n) is 2.49. The van der Waals surface area contributed by atoms with Gasteiger partial charge in [-0.15, -0.1) is 0 Å². The van der Waals surface area contributed by atoms with Gasteiger partial charge in [0.2, 0.25) is 5.91 Å². The first-order valence-electron chi connectivity index (χ1n) is 6.42. The minimum absolute atomic E-state index is 0.0269. The van der Waals surface area contributed by atoms with Crippen molar-refractivity contribution in [2.24, 2.45) is 5.73 Å². The van der Waals surface area contributed by atoms with Gasteiger partial charge >= 0.3 is 0 Å². The molecule has 3 N–H and O–H groups in total. The lowest BCUT2D eigenvalue weighted by Gasteiger charge is -2.22. The van der Waals surface area contributed by atoms with Crippen molar-refractivity contribution in [1.82, 2.24) is 0 Å². The van der Waals surface area contributed by atoms with Crippen LogP contribution in [0.4, 0.5) is 11.4 Å². The largest absolute Gasteiger partial charge is 0.325 e. The number of nitro benzene ring substituents is 1. The van der Waals surface area contributed by atoms with Crippen LogP contribution >= 0.6 is 15.9 Å². The molecule has 1 fully saturated rings. The molecule has 108 valence electrons. The molecule has 6 nitrogen and oxygen atoms in total. The molecule has 1 saturated carbocycles. The highest BCUT2D eigenvalue weighted by atomic mass is 79.9. The fraction of sp³-hybridized carbons (Fsp3) is 0.462. The topological polar surface area (TPSA) is 98.3 Å². The van der Waals surface area contributed by atoms with Crippen molar-refractivity contribution in [2.45, 2.75) is 37.6 Å². The summed E-state index contributed by atoms with van der Waals surface area (Å²) in [4.78, 5) is 22.2. The maximum Gasteiger partial charge on any atom is 0.270 e. The van der Waals surface area contributed by atoms with Gasteiger partial charge in [-0.1, -0.05) is 12.8 Å². The summed E-state index contributed by atoms with van der Waals surface area (Å²) in [5.41, 5.74) is 6.24. The zero-order chi connectivity index (χ0) is 14.8. The number of hydrogen-bond donors (Lipinski definition) is 2. The van der Waals surface area contributed by atoms with Gasteiger partial charge in [0.15, 0.2) is 0 Å². The summed E-state index contributed by atoms with van der Waals surface area (Å²) >= 11 is 3.22. The third-order valence-corrected chi connectivity index (χ3v) is 4.21. The van der Waals surface area contributed by atoms with Crippen molar-refractivity contribution < 1.29 is 9.72 Å². The molecule has 0 radical (unpaired) electrons. The van der Waals surface area contributed by atoms with Crippen LogP contribution in [0, 0.1) is 10.1 Å². The quantitative estimate of drug-likeness (QED) is 0.649.